The fourth-order valence-corrected chi connectivity index (χ4v) is 1.64. The SMILES string of the molecule is COCCn1cc(-c2ccc(C)c(N)c2)cn1. The highest BCUT2D eigenvalue weighted by Crippen LogP contribution is 2.23. The van der Waals surface area contributed by atoms with Gasteiger partial charge < -0.3 is 10.5 Å². The van der Waals surface area contributed by atoms with Gasteiger partial charge in [0, 0.05) is 24.6 Å². The van der Waals surface area contributed by atoms with Crippen molar-refractivity contribution < 1.29 is 4.74 Å². The zero-order chi connectivity index (χ0) is 12.3. The molecule has 2 aromatic rings. The molecule has 2 N–H and O–H groups in total. The summed E-state index contributed by atoms with van der Waals surface area (Å²) in [7, 11) is 1.69. The molecule has 0 spiro atoms. The van der Waals surface area contributed by atoms with Gasteiger partial charge in [0.25, 0.3) is 0 Å². The Morgan fingerprint density at radius 2 is 2.18 bits per heavy atom. The average molecular weight is 231 g/mol. The Morgan fingerprint density at radius 1 is 1.35 bits per heavy atom. The van der Waals surface area contributed by atoms with Gasteiger partial charge in [-0.15, -0.1) is 0 Å². The van der Waals surface area contributed by atoms with E-state index in [9.17, 15) is 0 Å². The van der Waals surface area contributed by atoms with Crippen LogP contribution in [0.25, 0.3) is 11.1 Å². The van der Waals surface area contributed by atoms with Crippen molar-refractivity contribution in [3.8, 4) is 11.1 Å². The number of hydrogen-bond acceptors (Lipinski definition) is 3. The molecular weight excluding hydrogens is 214 g/mol. The van der Waals surface area contributed by atoms with Crippen LogP contribution in [0.3, 0.4) is 0 Å². The van der Waals surface area contributed by atoms with Crippen LogP contribution >= 0.6 is 0 Å². The van der Waals surface area contributed by atoms with E-state index in [4.69, 9.17) is 10.5 Å². The highest BCUT2D eigenvalue weighted by atomic mass is 16.5. The monoisotopic (exact) mass is 231 g/mol. The van der Waals surface area contributed by atoms with Crippen LogP contribution < -0.4 is 5.73 Å². The Morgan fingerprint density at radius 3 is 2.88 bits per heavy atom. The van der Waals surface area contributed by atoms with Gasteiger partial charge in [0.1, 0.15) is 0 Å². The van der Waals surface area contributed by atoms with Crippen LogP contribution in [0.1, 0.15) is 5.56 Å². The molecule has 1 aromatic carbocycles. The van der Waals surface area contributed by atoms with E-state index in [0.29, 0.717) is 6.61 Å². The fraction of sp³-hybridized carbons (Fsp3) is 0.308. The number of benzene rings is 1. The predicted molar refractivity (Wildman–Crippen MR) is 68.7 cm³/mol. The molecule has 0 saturated carbocycles. The Hall–Kier alpha value is -1.81. The highest BCUT2D eigenvalue weighted by Gasteiger charge is 2.03. The van der Waals surface area contributed by atoms with E-state index in [0.717, 1.165) is 28.9 Å². The minimum Gasteiger partial charge on any atom is -0.398 e. The lowest BCUT2D eigenvalue weighted by molar-refractivity contribution is 0.183. The summed E-state index contributed by atoms with van der Waals surface area (Å²) in [5.41, 5.74) is 9.98. The summed E-state index contributed by atoms with van der Waals surface area (Å²) < 4.78 is 6.88. The van der Waals surface area contributed by atoms with E-state index in [-0.39, 0.29) is 0 Å². The predicted octanol–water partition coefficient (Wildman–Crippen LogP) is 2.09. The zero-order valence-corrected chi connectivity index (χ0v) is 10.2. The van der Waals surface area contributed by atoms with Crippen LogP contribution in [0.15, 0.2) is 30.6 Å². The third-order valence-corrected chi connectivity index (χ3v) is 2.77. The molecule has 0 atom stereocenters. The molecule has 1 aromatic heterocycles. The van der Waals surface area contributed by atoms with Gasteiger partial charge in [0.2, 0.25) is 0 Å². The van der Waals surface area contributed by atoms with Gasteiger partial charge in [-0.2, -0.15) is 5.10 Å². The van der Waals surface area contributed by atoms with Gasteiger partial charge in [-0.3, -0.25) is 4.68 Å². The second-order valence-corrected chi connectivity index (χ2v) is 4.06. The maximum Gasteiger partial charge on any atom is 0.0658 e. The number of nitrogens with two attached hydrogens (primary N) is 1. The van der Waals surface area contributed by atoms with E-state index in [1.165, 1.54) is 0 Å². The topological polar surface area (TPSA) is 53.1 Å². The standard InChI is InChI=1S/C13H17N3O/c1-10-3-4-11(7-13(10)14)12-8-15-16(9-12)5-6-17-2/h3-4,7-9H,5-6,14H2,1-2H3. The number of ether oxygens (including phenoxy) is 1. The van der Waals surface area contributed by atoms with E-state index in [1.807, 2.05) is 36.1 Å². The molecule has 0 amide bonds. The smallest absolute Gasteiger partial charge is 0.0658 e. The van der Waals surface area contributed by atoms with E-state index >= 15 is 0 Å². The number of hydrogen-bond donors (Lipinski definition) is 1. The lowest BCUT2D eigenvalue weighted by Crippen LogP contribution is -2.03. The molecule has 0 radical (unpaired) electrons. The van der Waals surface area contributed by atoms with Crippen LogP contribution in [-0.4, -0.2) is 23.5 Å². The first kappa shape index (κ1) is 11.7. The normalized spacial score (nSPS) is 10.7. The largest absolute Gasteiger partial charge is 0.398 e. The highest BCUT2D eigenvalue weighted by molar-refractivity contribution is 5.67. The summed E-state index contributed by atoms with van der Waals surface area (Å²) in [6.45, 7) is 3.43. The van der Waals surface area contributed by atoms with Crippen molar-refractivity contribution in [3.63, 3.8) is 0 Å². The Balaban J connectivity index is 2.21. The molecular formula is C13H17N3O. The van der Waals surface area contributed by atoms with Crippen LogP contribution in [0.2, 0.25) is 0 Å². The van der Waals surface area contributed by atoms with Crippen molar-refractivity contribution in [1.82, 2.24) is 9.78 Å². The van der Waals surface area contributed by atoms with Crippen LogP contribution in [-0.2, 0) is 11.3 Å². The average Bonchev–Trinajstić information content (AvgIpc) is 2.79. The minimum atomic E-state index is 0.664. The van der Waals surface area contributed by atoms with Crippen LogP contribution in [0.5, 0.6) is 0 Å². The molecule has 0 aliphatic heterocycles. The summed E-state index contributed by atoms with van der Waals surface area (Å²) in [5.74, 6) is 0. The van der Waals surface area contributed by atoms with Gasteiger partial charge in [-0.25, -0.2) is 0 Å². The summed E-state index contributed by atoms with van der Waals surface area (Å²) >= 11 is 0. The number of aromatic nitrogens is 2. The Bertz CT molecular complexity index is 505. The summed E-state index contributed by atoms with van der Waals surface area (Å²) in [5, 5.41) is 4.28. The molecule has 0 bridgehead atoms. The number of nitrogen functional groups attached to an aromatic ring is 1. The third kappa shape index (κ3) is 2.65. The van der Waals surface area contributed by atoms with E-state index in [2.05, 4.69) is 11.2 Å². The van der Waals surface area contributed by atoms with Gasteiger partial charge in [0.05, 0.1) is 19.3 Å². The molecule has 2 rings (SSSR count). The lowest BCUT2D eigenvalue weighted by Gasteiger charge is -2.02. The maximum atomic E-state index is 5.90. The lowest BCUT2D eigenvalue weighted by atomic mass is 10.1. The van der Waals surface area contributed by atoms with Crippen LogP contribution in [0, 0.1) is 6.92 Å². The number of nitrogens with zero attached hydrogens (tertiary/aromatic N) is 2. The summed E-state index contributed by atoms with van der Waals surface area (Å²) in [6, 6.07) is 6.06. The minimum absolute atomic E-state index is 0.664. The number of anilines is 1. The fourth-order valence-electron chi connectivity index (χ4n) is 1.64. The van der Waals surface area contributed by atoms with E-state index in [1.54, 1.807) is 7.11 Å². The van der Waals surface area contributed by atoms with Gasteiger partial charge in [-0.1, -0.05) is 12.1 Å². The molecule has 0 saturated heterocycles. The van der Waals surface area contributed by atoms with Crippen molar-refractivity contribution in [3.05, 3.63) is 36.2 Å². The number of aryl methyl sites for hydroxylation is 1. The molecule has 4 nitrogen and oxygen atoms in total. The number of rotatable bonds is 4. The van der Waals surface area contributed by atoms with Crippen molar-refractivity contribution in [2.75, 3.05) is 19.5 Å². The molecule has 17 heavy (non-hydrogen) atoms. The summed E-state index contributed by atoms with van der Waals surface area (Å²) in [4.78, 5) is 0. The third-order valence-electron chi connectivity index (χ3n) is 2.77. The van der Waals surface area contributed by atoms with Crippen molar-refractivity contribution in [2.45, 2.75) is 13.5 Å². The second kappa shape index (κ2) is 5.01. The zero-order valence-electron chi connectivity index (χ0n) is 10.2. The Kier molecular flexibility index (Phi) is 3.44. The molecule has 1 heterocycles. The van der Waals surface area contributed by atoms with Crippen molar-refractivity contribution >= 4 is 5.69 Å². The van der Waals surface area contributed by atoms with Crippen molar-refractivity contribution in [1.29, 1.82) is 0 Å². The van der Waals surface area contributed by atoms with Crippen molar-refractivity contribution in [2.24, 2.45) is 0 Å². The second-order valence-electron chi connectivity index (χ2n) is 4.06. The first-order valence-electron chi connectivity index (χ1n) is 5.58. The molecule has 4 heteroatoms. The van der Waals surface area contributed by atoms with Gasteiger partial charge in [-0.05, 0) is 24.1 Å². The first-order chi connectivity index (χ1) is 8.20. The molecule has 0 unspecified atom stereocenters. The maximum absolute atomic E-state index is 5.90. The molecule has 0 aliphatic rings. The number of methoxy groups -OCH3 is 1. The van der Waals surface area contributed by atoms with Gasteiger partial charge in [0.15, 0.2) is 0 Å². The van der Waals surface area contributed by atoms with E-state index < -0.39 is 0 Å². The quantitative estimate of drug-likeness (QED) is 0.820. The molecule has 90 valence electrons. The Labute approximate surface area is 101 Å². The molecule has 0 fully saturated rings. The summed E-state index contributed by atoms with van der Waals surface area (Å²) in [6.07, 6.45) is 3.85. The van der Waals surface area contributed by atoms with Gasteiger partial charge >= 0.3 is 0 Å². The molecule has 0 aliphatic carbocycles. The van der Waals surface area contributed by atoms with Crippen LogP contribution in [0.4, 0.5) is 5.69 Å². The first-order valence-corrected chi connectivity index (χ1v) is 5.58.